The highest BCUT2D eigenvalue weighted by molar-refractivity contribution is 7.89. The maximum Gasteiger partial charge on any atom is 0.338 e. The van der Waals surface area contributed by atoms with Crippen molar-refractivity contribution in [3.63, 3.8) is 0 Å². The standard InChI is InChI=1S/C12H12F3NO5S/c13-10-8(11(17)18)2-1-3-9(10)22(19,20)16-5-7-4-12(14,15)6-21-7/h1-3,7,16H,4-6H2,(H,17,18). The Morgan fingerprint density at radius 1 is 1.45 bits per heavy atom. The minimum Gasteiger partial charge on any atom is -0.478 e. The van der Waals surface area contributed by atoms with E-state index in [4.69, 9.17) is 9.84 Å². The molecule has 0 amide bonds. The SMILES string of the molecule is O=C(O)c1cccc(S(=O)(=O)NCC2CC(F)(F)CO2)c1F. The van der Waals surface area contributed by atoms with Crippen LogP contribution in [0.4, 0.5) is 13.2 Å². The van der Waals surface area contributed by atoms with Gasteiger partial charge >= 0.3 is 5.97 Å². The first kappa shape index (κ1) is 16.7. The van der Waals surface area contributed by atoms with Gasteiger partial charge in [0.15, 0.2) is 5.82 Å². The van der Waals surface area contributed by atoms with Crippen LogP contribution >= 0.6 is 0 Å². The van der Waals surface area contributed by atoms with Gasteiger partial charge in [0.25, 0.3) is 5.92 Å². The molecule has 1 aliphatic heterocycles. The predicted molar refractivity (Wildman–Crippen MR) is 67.9 cm³/mol. The second kappa shape index (κ2) is 5.86. The Labute approximate surface area is 123 Å². The number of rotatable bonds is 5. The van der Waals surface area contributed by atoms with Crippen LogP contribution < -0.4 is 4.72 Å². The van der Waals surface area contributed by atoms with E-state index in [0.717, 1.165) is 18.2 Å². The topological polar surface area (TPSA) is 92.7 Å². The number of halogens is 3. The molecule has 0 saturated carbocycles. The molecule has 1 heterocycles. The first-order valence-corrected chi connectivity index (χ1v) is 7.61. The third-order valence-corrected chi connectivity index (χ3v) is 4.48. The van der Waals surface area contributed by atoms with E-state index in [-0.39, 0.29) is 0 Å². The van der Waals surface area contributed by atoms with Crippen LogP contribution in [0.5, 0.6) is 0 Å². The van der Waals surface area contributed by atoms with Crippen molar-refractivity contribution >= 4 is 16.0 Å². The number of hydrogen-bond donors (Lipinski definition) is 2. The first-order chi connectivity index (χ1) is 10.1. The Morgan fingerprint density at radius 3 is 2.68 bits per heavy atom. The molecule has 6 nitrogen and oxygen atoms in total. The summed E-state index contributed by atoms with van der Waals surface area (Å²) in [6.07, 6.45) is -1.68. The van der Waals surface area contributed by atoms with Crippen LogP contribution in [0.25, 0.3) is 0 Å². The van der Waals surface area contributed by atoms with Gasteiger partial charge in [-0.05, 0) is 12.1 Å². The largest absolute Gasteiger partial charge is 0.478 e. The second-order valence-corrected chi connectivity index (χ2v) is 6.50. The van der Waals surface area contributed by atoms with Crippen LogP contribution in [0.1, 0.15) is 16.8 Å². The summed E-state index contributed by atoms with van der Waals surface area (Å²) >= 11 is 0. The molecule has 1 fully saturated rings. The Hall–Kier alpha value is -1.65. The van der Waals surface area contributed by atoms with Gasteiger partial charge in [-0.1, -0.05) is 6.07 Å². The van der Waals surface area contributed by atoms with E-state index in [0.29, 0.717) is 0 Å². The lowest BCUT2D eigenvalue weighted by Crippen LogP contribution is -2.33. The third-order valence-electron chi connectivity index (χ3n) is 3.04. The summed E-state index contributed by atoms with van der Waals surface area (Å²) in [4.78, 5) is 9.92. The number of nitrogens with one attached hydrogen (secondary N) is 1. The van der Waals surface area contributed by atoms with Crippen LogP contribution in [0.2, 0.25) is 0 Å². The van der Waals surface area contributed by atoms with Gasteiger partial charge in [0, 0.05) is 13.0 Å². The van der Waals surface area contributed by atoms with E-state index in [2.05, 4.69) is 0 Å². The molecule has 2 N–H and O–H groups in total. The summed E-state index contributed by atoms with van der Waals surface area (Å²) in [5, 5.41) is 8.76. The number of alkyl halides is 2. The minimum atomic E-state index is -4.38. The lowest BCUT2D eigenvalue weighted by molar-refractivity contribution is -0.00981. The summed E-state index contributed by atoms with van der Waals surface area (Å²) in [6, 6.07) is 2.87. The molecule has 10 heteroatoms. The zero-order valence-corrected chi connectivity index (χ0v) is 11.9. The summed E-state index contributed by atoms with van der Waals surface area (Å²) in [6.45, 7) is -1.27. The van der Waals surface area contributed by atoms with Crippen LogP contribution in [-0.2, 0) is 14.8 Å². The lowest BCUT2D eigenvalue weighted by Gasteiger charge is -2.12. The molecule has 1 aromatic rings. The van der Waals surface area contributed by atoms with Gasteiger partial charge in [-0.3, -0.25) is 0 Å². The molecule has 1 aromatic carbocycles. The van der Waals surface area contributed by atoms with Gasteiger partial charge < -0.3 is 9.84 Å². The smallest absolute Gasteiger partial charge is 0.338 e. The summed E-state index contributed by atoms with van der Waals surface area (Å²) in [5.74, 6) is -6.06. The Morgan fingerprint density at radius 2 is 2.14 bits per heavy atom. The van der Waals surface area contributed by atoms with Crippen molar-refractivity contribution in [2.24, 2.45) is 0 Å². The Kier molecular flexibility index (Phi) is 4.45. The Balaban J connectivity index is 2.14. The van der Waals surface area contributed by atoms with Crippen molar-refractivity contribution in [2.45, 2.75) is 23.3 Å². The van der Waals surface area contributed by atoms with E-state index < -0.39 is 63.9 Å². The van der Waals surface area contributed by atoms with E-state index in [1.807, 2.05) is 4.72 Å². The molecule has 0 bridgehead atoms. The number of sulfonamides is 1. The zero-order valence-electron chi connectivity index (χ0n) is 11.1. The minimum absolute atomic E-state index is 0.464. The number of carbonyl (C=O) groups is 1. The summed E-state index contributed by atoms with van der Waals surface area (Å²) < 4.78 is 70.3. The van der Waals surface area contributed by atoms with Crippen molar-refractivity contribution in [2.75, 3.05) is 13.2 Å². The molecular formula is C12H12F3NO5S. The number of carboxylic acid groups (broad SMARTS) is 1. The van der Waals surface area contributed by atoms with E-state index >= 15 is 0 Å². The van der Waals surface area contributed by atoms with Crippen LogP contribution in [0, 0.1) is 5.82 Å². The number of benzene rings is 1. The van der Waals surface area contributed by atoms with E-state index in [9.17, 15) is 26.4 Å². The van der Waals surface area contributed by atoms with Crippen LogP contribution in [0.3, 0.4) is 0 Å². The monoisotopic (exact) mass is 339 g/mol. The average Bonchev–Trinajstić information content (AvgIpc) is 2.76. The van der Waals surface area contributed by atoms with Crippen molar-refractivity contribution in [3.05, 3.63) is 29.6 Å². The molecular weight excluding hydrogens is 327 g/mol. The molecule has 2 rings (SSSR count). The second-order valence-electron chi connectivity index (χ2n) is 4.77. The number of carboxylic acids is 1. The highest BCUT2D eigenvalue weighted by Crippen LogP contribution is 2.29. The highest BCUT2D eigenvalue weighted by atomic mass is 32.2. The molecule has 1 aliphatic rings. The number of ether oxygens (including phenoxy) is 1. The molecule has 0 aromatic heterocycles. The molecule has 1 saturated heterocycles. The van der Waals surface area contributed by atoms with Crippen molar-refractivity contribution in [1.82, 2.24) is 4.72 Å². The predicted octanol–water partition coefficient (Wildman–Crippen LogP) is 1.23. The summed E-state index contributed by atoms with van der Waals surface area (Å²) in [7, 11) is -4.38. The fourth-order valence-corrected chi connectivity index (χ4v) is 3.15. The molecule has 0 radical (unpaired) electrons. The third kappa shape index (κ3) is 3.57. The van der Waals surface area contributed by atoms with Crippen molar-refractivity contribution in [3.8, 4) is 0 Å². The van der Waals surface area contributed by atoms with Gasteiger partial charge in [-0.25, -0.2) is 31.1 Å². The molecule has 0 aliphatic carbocycles. The molecule has 0 spiro atoms. The lowest BCUT2D eigenvalue weighted by atomic mass is 10.2. The Bertz CT molecular complexity index is 692. The number of aromatic carboxylic acids is 1. The molecule has 1 unspecified atom stereocenters. The van der Waals surface area contributed by atoms with Crippen molar-refractivity contribution in [1.29, 1.82) is 0 Å². The number of hydrogen-bond acceptors (Lipinski definition) is 4. The fraction of sp³-hybridized carbons (Fsp3) is 0.417. The van der Waals surface area contributed by atoms with E-state index in [1.165, 1.54) is 0 Å². The normalized spacial score (nSPS) is 21.0. The zero-order chi connectivity index (χ0) is 16.5. The fourth-order valence-electron chi connectivity index (χ4n) is 1.99. The van der Waals surface area contributed by atoms with Crippen LogP contribution in [-0.4, -0.2) is 44.7 Å². The summed E-state index contributed by atoms with van der Waals surface area (Å²) in [5.41, 5.74) is -0.800. The molecule has 122 valence electrons. The molecule has 1 atom stereocenters. The van der Waals surface area contributed by atoms with Crippen molar-refractivity contribution < 1.29 is 36.2 Å². The van der Waals surface area contributed by atoms with Gasteiger partial charge in [0.2, 0.25) is 10.0 Å². The maximum absolute atomic E-state index is 13.9. The highest BCUT2D eigenvalue weighted by Gasteiger charge is 2.41. The maximum atomic E-state index is 13.9. The quantitative estimate of drug-likeness (QED) is 0.842. The van der Waals surface area contributed by atoms with Gasteiger partial charge in [-0.15, -0.1) is 0 Å². The van der Waals surface area contributed by atoms with E-state index in [1.54, 1.807) is 0 Å². The first-order valence-electron chi connectivity index (χ1n) is 6.13. The van der Waals surface area contributed by atoms with Crippen LogP contribution in [0.15, 0.2) is 23.1 Å². The molecule has 22 heavy (non-hydrogen) atoms. The van der Waals surface area contributed by atoms with Gasteiger partial charge in [-0.2, -0.15) is 0 Å². The average molecular weight is 339 g/mol. The van der Waals surface area contributed by atoms with Gasteiger partial charge in [0.05, 0.1) is 11.7 Å². The van der Waals surface area contributed by atoms with Gasteiger partial charge in [0.1, 0.15) is 11.5 Å².